The number of rotatable bonds is 5. The number of carbonyl (C=O) groups is 2. The van der Waals surface area contributed by atoms with Gasteiger partial charge in [0, 0.05) is 10.0 Å². The third-order valence-corrected chi connectivity index (χ3v) is 2.81. The second kappa shape index (κ2) is 6.44. The predicted molar refractivity (Wildman–Crippen MR) is 61.9 cm³/mol. The summed E-state index contributed by atoms with van der Waals surface area (Å²) in [6.45, 7) is -2.98. The first-order chi connectivity index (χ1) is 8.47. The third-order valence-electron chi connectivity index (χ3n) is 2.10. The van der Waals surface area contributed by atoms with Gasteiger partial charge in [0.2, 0.25) is 0 Å². The largest absolute Gasteiger partial charge is 0.469 e. The summed E-state index contributed by atoms with van der Waals surface area (Å²) in [6.07, 6.45) is 0.321. The molecule has 0 spiro atoms. The SMILES string of the molecule is COC(=O)Cc1c(Br)cc(OC(F)F)cc1C=O. The lowest BCUT2D eigenvalue weighted by atomic mass is 10.1. The van der Waals surface area contributed by atoms with Crippen LogP contribution in [0.3, 0.4) is 0 Å². The molecule has 0 unspecified atom stereocenters. The fraction of sp³-hybridized carbons (Fsp3) is 0.273. The summed E-state index contributed by atoms with van der Waals surface area (Å²) in [4.78, 5) is 22.0. The van der Waals surface area contributed by atoms with Gasteiger partial charge >= 0.3 is 12.6 Å². The van der Waals surface area contributed by atoms with E-state index in [4.69, 9.17) is 0 Å². The molecular formula is C11H9BrF2O4. The average molecular weight is 323 g/mol. The van der Waals surface area contributed by atoms with Gasteiger partial charge in [-0.1, -0.05) is 15.9 Å². The van der Waals surface area contributed by atoms with Crippen molar-refractivity contribution in [2.75, 3.05) is 7.11 Å². The molecule has 98 valence electrons. The molecule has 0 aliphatic carbocycles. The van der Waals surface area contributed by atoms with E-state index in [1.807, 2.05) is 0 Å². The molecule has 0 N–H and O–H groups in total. The van der Waals surface area contributed by atoms with Crippen LogP contribution in [0.25, 0.3) is 0 Å². The van der Waals surface area contributed by atoms with Crippen LogP contribution in [0.15, 0.2) is 16.6 Å². The van der Waals surface area contributed by atoms with Crippen molar-refractivity contribution in [3.05, 3.63) is 27.7 Å². The monoisotopic (exact) mass is 322 g/mol. The van der Waals surface area contributed by atoms with E-state index in [9.17, 15) is 18.4 Å². The molecular weight excluding hydrogens is 314 g/mol. The van der Waals surface area contributed by atoms with Gasteiger partial charge in [-0.25, -0.2) is 0 Å². The Labute approximate surface area is 110 Å². The van der Waals surface area contributed by atoms with E-state index >= 15 is 0 Å². The van der Waals surface area contributed by atoms with Gasteiger partial charge in [-0.3, -0.25) is 9.59 Å². The molecule has 0 heterocycles. The Bertz CT molecular complexity index is 463. The normalized spacial score (nSPS) is 10.3. The number of hydrogen-bond acceptors (Lipinski definition) is 4. The molecule has 1 rings (SSSR count). The molecule has 0 saturated carbocycles. The number of ether oxygens (including phenoxy) is 2. The molecule has 0 atom stereocenters. The molecule has 1 aromatic rings. The summed E-state index contributed by atoms with van der Waals surface area (Å²) < 4.78 is 33.1. The summed E-state index contributed by atoms with van der Waals surface area (Å²) in [5, 5.41) is 0. The maximum absolute atomic E-state index is 12.1. The molecule has 0 fully saturated rings. The van der Waals surface area contributed by atoms with Crippen LogP contribution in [-0.2, 0) is 16.0 Å². The Morgan fingerprint density at radius 1 is 1.50 bits per heavy atom. The Balaban J connectivity index is 3.11. The van der Waals surface area contributed by atoms with Crippen LogP contribution < -0.4 is 4.74 Å². The minimum Gasteiger partial charge on any atom is -0.469 e. The van der Waals surface area contributed by atoms with E-state index in [2.05, 4.69) is 25.4 Å². The van der Waals surface area contributed by atoms with E-state index in [0.717, 1.165) is 6.07 Å². The fourth-order valence-corrected chi connectivity index (χ4v) is 1.91. The van der Waals surface area contributed by atoms with Gasteiger partial charge in [-0.2, -0.15) is 8.78 Å². The third kappa shape index (κ3) is 3.76. The number of aldehydes is 1. The number of carbonyl (C=O) groups excluding carboxylic acids is 2. The first-order valence-electron chi connectivity index (χ1n) is 4.77. The van der Waals surface area contributed by atoms with E-state index < -0.39 is 12.6 Å². The first-order valence-corrected chi connectivity index (χ1v) is 5.56. The molecule has 0 aliphatic rings. The number of esters is 1. The van der Waals surface area contributed by atoms with Crippen molar-refractivity contribution in [2.45, 2.75) is 13.0 Å². The molecule has 0 saturated heterocycles. The molecule has 18 heavy (non-hydrogen) atoms. The van der Waals surface area contributed by atoms with Gasteiger partial charge in [-0.05, 0) is 17.7 Å². The van der Waals surface area contributed by atoms with Gasteiger partial charge in [-0.15, -0.1) is 0 Å². The molecule has 0 amide bonds. The van der Waals surface area contributed by atoms with Crippen molar-refractivity contribution in [1.82, 2.24) is 0 Å². The highest BCUT2D eigenvalue weighted by Gasteiger charge is 2.15. The van der Waals surface area contributed by atoms with Crippen LogP contribution in [0.5, 0.6) is 5.75 Å². The van der Waals surface area contributed by atoms with Gasteiger partial charge in [0.15, 0.2) is 6.29 Å². The summed E-state index contributed by atoms with van der Waals surface area (Å²) >= 11 is 3.09. The molecule has 0 radical (unpaired) electrons. The van der Waals surface area contributed by atoms with Crippen LogP contribution in [0.4, 0.5) is 8.78 Å². The Kier molecular flexibility index (Phi) is 5.21. The standard InChI is InChI=1S/C11H9BrF2O4/c1-17-10(16)4-8-6(5-15)2-7(3-9(8)12)18-11(13)14/h2-3,5,11H,4H2,1H3. The van der Waals surface area contributed by atoms with Crippen LogP contribution >= 0.6 is 15.9 Å². The Hall–Kier alpha value is -1.50. The minimum absolute atomic E-state index is 0.0884. The number of hydrogen-bond donors (Lipinski definition) is 0. The van der Waals surface area contributed by atoms with Crippen molar-refractivity contribution >= 4 is 28.2 Å². The lowest BCUT2D eigenvalue weighted by molar-refractivity contribution is -0.139. The summed E-state index contributed by atoms with van der Waals surface area (Å²) in [5.41, 5.74) is 0.448. The average Bonchev–Trinajstić information content (AvgIpc) is 2.31. The minimum atomic E-state index is -2.98. The van der Waals surface area contributed by atoms with Crippen LogP contribution in [-0.4, -0.2) is 26.0 Å². The van der Waals surface area contributed by atoms with Crippen LogP contribution in [0, 0.1) is 0 Å². The van der Waals surface area contributed by atoms with Gasteiger partial charge in [0.05, 0.1) is 13.5 Å². The Morgan fingerprint density at radius 2 is 2.17 bits per heavy atom. The van der Waals surface area contributed by atoms with Gasteiger partial charge in [0.1, 0.15) is 5.75 Å². The van der Waals surface area contributed by atoms with Crippen molar-refractivity contribution in [1.29, 1.82) is 0 Å². The lowest BCUT2D eigenvalue weighted by Gasteiger charge is -2.10. The van der Waals surface area contributed by atoms with Gasteiger partial charge < -0.3 is 9.47 Å². The zero-order valence-electron chi connectivity index (χ0n) is 9.28. The molecule has 7 heteroatoms. The van der Waals surface area contributed by atoms with E-state index in [-0.39, 0.29) is 17.7 Å². The van der Waals surface area contributed by atoms with E-state index in [1.54, 1.807) is 0 Å². The van der Waals surface area contributed by atoms with Crippen LogP contribution in [0.2, 0.25) is 0 Å². The van der Waals surface area contributed by atoms with Crippen molar-refractivity contribution in [3.63, 3.8) is 0 Å². The molecule has 4 nitrogen and oxygen atoms in total. The molecule has 0 aliphatic heterocycles. The quantitative estimate of drug-likeness (QED) is 0.617. The van der Waals surface area contributed by atoms with Crippen LogP contribution in [0.1, 0.15) is 15.9 Å². The molecule has 1 aromatic carbocycles. The molecule has 0 aromatic heterocycles. The van der Waals surface area contributed by atoms with Crippen molar-refractivity contribution < 1.29 is 27.8 Å². The second-order valence-electron chi connectivity index (χ2n) is 3.22. The zero-order chi connectivity index (χ0) is 13.7. The summed E-state index contributed by atoms with van der Waals surface area (Å²) in [7, 11) is 1.21. The Morgan fingerprint density at radius 3 is 2.67 bits per heavy atom. The number of benzene rings is 1. The predicted octanol–water partition coefficient (Wildman–Crippen LogP) is 2.58. The maximum atomic E-state index is 12.1. The number of methoxy groups -OCH3 is 1. The lowest BCUT2D eigenvalue weighted by Crippen LogP contribution is -2.09. The maximum Gasteiger partial charge on any atom is 0.387 e. The highest BCUT2D eigenvalue weighted by Crippen LogP contribution is 2.28. The first kappa shape index (κ1) is 14.6. The highest BCUT2D eigenvalue weighted by atomic mass is 79.9. The molecule has 0 bridgehead atoms. The topological polar surface area (TPSA) is 52.6 Å². The highest BCUT2D eigenvalue weighted by molar-refractivity contribution is 9.10. The van der Waals surface area contributed by atoms with Gasteiger partial charge in [0.25, 0.3) is 0 Å². The fourth-order valence-electron chi connectivity index (χ4n) is 1.31. The smallest absolute Gasteiger partial charge is 0.387 e. The van der Waals surface area contributed by atoms with Crippen molar-refractivity contribution in [2.24, 2.45) is 0 Å². The summed E-state index contributed by atoms with van der Waals surface area (Å²) in [6, 6.07) is 2.40. The second-order valence-corrected chi connectivity index (χ2v) is 4.08. The van der Waals surface area contributed by atoms with E-state index in [1.165, 1.54) is 13.2 Å². The van der Waals surface area contributed by atoms with E-state index in [0.29, 0.717) is 16.3 Å². The summed E-state index contributed by atoms with van der Waals surface area (Å²) in [5.74, 6) is -0.700. The number of halogens is 3. The van der Waals surface area contributed by atoms with Crippen molar-refractivity contribution in [3.8, 4) is 5.75 Å². The zero-order valence-corrected chi connectivity index (χ0v) is 10.9. The number of alkyl halides is 2.